The standard InChI is InChI=1S/C15H17N3O2/c1-15(2,19)10-20-12-6-8-17-14-13(12)11(9-18-14)5-3-4-7-16/h3-4,6,8-9,19H,5,10H2,1-2H3,(H,17,18). The van der Waals surface area contributed by atoms with Crippen molar-refractivity contribution in [3.05, 3.63) is 36.2 Å². The molecule has 5 heteroatoms. The normalized spacial score (nSPS) is 11.9. The van der Waals surface area contributed by atoms with E-state index in [9.17, 15) is 5.11 Å². The predicted octanol–water partition coefficient (Wildman–Crippen LogP) is 2.33. The number of hydrogen-bond donors (Lipinski definition) is 2. The van der Waals surface area contributed by atoms with Crippen molar-refractivity contribution >= 4 is 11.0 Å². The number of ether oxygens (including phenoxy) is 1. The van der Waals surface area contributed by atoms with Crippen LogP contribution in [0.3, 0.4) is 0 Å². The Morgan fingerprint density at radius 1 is 1.55 bits per heavy atom. The summed E-state index contributed by atoms with van der Waals surface area (Å²) in [6, 6.07) is 3.74. The van der Waals surface area contributed by atoms with Crippen LogP contribution in [0.25, 0.3) is 11.0 Å². The molecule has 0 saturated carbocycles. The average Bonchev–Trinajstić information content (AvgIpc) is 2.80. The molecule has 0 fully saturated rings. The van der Waals surface area contributed by atoms with Crippen molar-refractivity contribution in [3.63, 3.8) is 0 Å². The number of nitriles is 1. The molecule has 0 unspecified atom stereocenters. The fourth-order valence-electron chi connectivity index (χ4n) is 1.87. The highest BCUT2D eigenvalue weighted by molar-refractivity contribution is 5.86. The molecule has 2 rings (SSSR count). The number of pyridine rings is 1. The number of allylic oxidation sites excluding steroid dienone is 2. The minimum absolute atomic E-state index is 0.199. The van der Waals surface area contributed by atoms with Crippen molar-refractivity contribution in [2.75, 3.05) is 6.61 Å². The summed E-state index contributed by atoms with van der Waals surface area (Å²) in [6.45, 7) is 3.59. The maximum Gasteiger partial charge on any atom is 0.141 e. The monoisotopic (exact) mass is 271 g/mol. The highest BCUT2D eigenvalue weighted by Gasteiger charge is 2.16. The molecule has 0 atom stereocenters. The lowest BCUT2D eigenvalue weighted by atomic mass is 10.1. The van der Waals surface area contributed by atoms with E-state index in [1.54, 1.807) is 32.2 Å². The summed E-state index contributed by atoms with van der Waals surface area (Å²) in [4.78, 5) is 7.33. The summed E-state index contributed by atoms with van der Waals surface area (Å²) in [5, 5.41) is 19.2. The van der Waals surface area contributed by atoms with E-state index in [1.807, 2.05) is 12.3 Å². The molecule has 0 aliphatic heterocycles. The molecule has 5 nitrogen and oxygen atoms in total. The molecule has 0 spiro atoms. The smallest absolute Gasteiger partial charge is 0.141 e. The van der Waals surface area contributed by atoms with Crippen molar-refractivity contribution in [3.8, 4) is 11.8 Å². The number of aromatic amines is 1. The van der Waals surface area contributed by atoms with E-state index in [-0.39, 0.29) is 6.61 Å². The average molecular weight is 271 g/mol. The van der Waals surface area contributed by atoms with Gasteiger partial charge in [0.15, 0.2) is 0 Å². The lowest BCUT2D eigenvalue weighted by Gasteiger charge is -2.18. The summed E-state index contributed by atoms with van der Waals surface area (Å²) in [7, 11) is 0. The first kappa shape index (κ1) is 14.1. The third kappa shape index (κ3) is 3.37. The van der Waals surface area contributed by atoms with E-state index in [4.69, 9.17) is 10.00 Å². The molecule has 0 saturated heterocycles. The fraction of sp³-hybridized carbons (Fsp3) is 0.333. The number of rotatable bonds is 5. The van der Waals surface area contributed by atoms with E-state index in [0.29, 0.717) is 12.2 Å². The molecule has 20 heavy (non-hydrogen) atoms. The number of H-pyrrole nitrogens is 1. The number of aromatic nitrogens is 2. The largest absolute Gasteiger partial charge is 0.490 e. The predicted molar refractivity (Wildman–Crippen MR) is 76.3 cm³/mol. The molecule has 0 amide bonds. The third-order valence-corrected chi connectivity index (χ3v) is 2.73. The van der Waals surface area contributed by atoms with Crippen LogP contribution in [0.1, 0.15) is 19.4 Å². The Balaban J connectivity index is 2.32. The van der Waals surface area contributed by atoms with Gasteiger partial charge in [-0.1, -0.05) is 6.08 Å². The zero-order chi connectivity index (χ0) is 14.6. The van der Waals surface area contributed by atoms with E-state index in [2.05, 4.69) is 9.97 Å². The van der Waals surface area contributed by atoms with Gasteiger partial charge in [-0.2, -0.15) is 5.26 Å². The summed E-state index contributed by atoms with van der Waals surface area (Å²) < 4.78 is 5.69. The zero-order valence-electron chi connectivity index (χ0n) is 11.6. The summed E-state index contributed by atoms with van der Waals surface area (Å²) >= 11 is 0. The lowest BCUT2D eigenvalue weighted by molar-refractivity contribution is 0.0290. The van der Waals surface area contributed by atoms with Crippen molar-refractivity contribution in [2.24, 2.45) is 0 Å². The van der Waals surface area contributed by atoms with Gasteiger partial charge in [-0.3, -0.25) is 0 Å². The molecular weight excluding hydrogens is 254 g/mol. The molecule has 0 radical (unpaired) electrons. The van der Waals surface area contributed by atoms with Gasteiger partial charge in [0.1, 0.15) is 18.0 Å². The molecule has 2 heterocycles. The summed E-state index contributed by atoms with van der Waals surface area (Å²) in [6.07, 6.45) is 7.38. The molecular formula is C15H17N3O2. The highest BCUT2D eigenvalue weighted by atomic mass is 16.5. The Morgan fingerprint density at radius 3 is 3.05 bits per heavy atom. The van der Waals surface area contributed by atoms with Gasteiger partial charge in [-0.15, -0.1) is 0 Å². The van der Waals surface area contributed by atoms with Gasteiger partial charge in [-0.25, -0.2) is 4.98 Å². The number of aliphatic hydroxyl groups is 1. The Hall–Kier alpha value is -2.32. The Bertz CT molecular complexity index is 660. The van der Waals surface area contributed by atoms with Crippen LogP contribution >= 0.6 is 0 Å². The highest BCUT2D eigenvalue weighted by Crippen LogP contribution is 2.28. The van der Waals surface area contributed by atoms with Crippen LogP contribution in [0.15, 0.2) is 30.6 Å². The molecule has 0 bridgehead atoms. The quantitative estimate of drug-likeness (QED) is 0.818. The van der Waals surface area contributed by atoms with Gasteiger partial charge in [0.2, 0.25) is 0 Å². The van der Waals surface area contributed by atoms with Crippen molar-refractivity contribution < 1.29 is 9.84 Å². The first-order chi connectivity index (χ1) is 9.51. The second-order valence-electron chi connectivity index (χ2n) is 5.18. The van der Waals surface area contributed by atoms with Gasteiger partial charge in [0.25, 0.3) is 0 Å². The van der Waals surface area contributed by atoms with Crippen LogP contribution in [-0.4, -0.2) is 27.3 Å². The molecule has 0 aliphatic rings. The van der Waals surface area contributed by atoms with Crippen LogP contribution in [0.2, 0.25) is 0 Å². The van der Waals surface area contributed by atoms with Crippen LogP contribution in [0, 0.1) is 11.3 Å². The first-order valence-corrected chi connectivity index (χ1v) is 6.36. The fourth-order valence-corrected chi connectivity index (χ4v) is 1.87. The number of hydrogen-bond acceptors (Lipinski definition) is 4. The van der Waals surface area contributed by atoms with Crippen molar-refractivity contribution in [1.29, 1.82) is 5.26 Å². The van der Waals surface area contributed by atoms with Gasteiger partial charge in [-0.05, 0) is 31.9 Å². The lowest BCUT2D eigenvalue weighted by Crippen LogP contribution is -2.27. The molecule has 0 aliphatic carbocycles. The maximum atomic E-state index is 9.75. The first-order valence-electron chi connectivity index (χ1n) is 6.36. The number of nitrogens with one attached hydrogen (secondary N) is 1. The molecule has 0 aromatic carbocycles. The van der Waals surface area contributed by atoms with Crippen LogP contribution in [-0.2, 0) is 6.42 Å². The van der Waals surface area contributed by atoms with E-state index >= 15 is 0 Å². The second-order valence-corrected chi connectivity index (χ2v) is 5.18. The Kier molecular flexibility index (Phi) is 4.06. The molecule has 2 N–H and O–H groups in total. The van der Waals surface area contributed by atoms with Crippen LogP contribution in [0.4, 0.5) is 0 Å². The number of fused-ring (bicyclic) bond motifs is 1. The van der Waals surface area contributed by atoms with E-state index < -0.39 is 5.60 Å². The van der Waals surface area contributed by atoms with Crippen molar-refractivity contribution in [1.82, 2.24) is 9.97 Å². The molecule has 104 valence electrons. The Morgan fingerprint density at radius 2 is 2.35 bits per heavy atom. The second kappa shape index (κ2) is 5.76. The SMILES string of the molecule is CC(C)(O)COc1ccnc2[nH]cc(CC=CC#N)c12. The van der Waals surface area contributed by atoms with Gasteiger partial charge in [0.05, 0.1) is 17.1 Å². The maximum absolute atomic E-state index is 9.75. The minimum Gasteiger partial charge on any atom is -0.490 e. The van der Waals surface area contributed by atoms with Crippen molar-refractivity contribution in [2.45, 2.75) is 25.9 Å². The van der Waals surface area contributed by atoms with Gasteiger partial charge in [0, 0.05) is 18.5 Å². The molecule has 2 aromatic heterocycles. The number of nitrogens with zero attached hydrogens (tertiary/aromatic N) is 2. The minimum atomic E-state index is -0.896. The summed E-state index contributed by atoms with van der Waals surface area (Å²) in [5.41, 5.74) is 0.844. The Labute approximate surface area is 117 Å². The van der Waals surface area contributed by atoms with E-state index in [1.165, 1.54) is 6.08 Å². The van der Waals surface area contributed by atoms with Crippen LogP contribution < -0.4 is 4.74 Å². The molecule has 2 aromatic rings. The van der Waals surface area contributed by atoms with E-state index in [0.717, 1.165) is 16.6 Å². The third-order valence-electron chi connectivity index (χ3n) is 2.73. The zero-order valence-corrected chi connectivity index (χ0v) is 11.6. The topological polar surface area (TPSA) is 81.9 Å². The summed E-state index contributed by atoms with van der Waals surface area (Å²) in [5.74, 6) is 0.679. The van der Waals surface area contributed by atoms with Gasteiger partial charge >= 0.3 is 0 Å². The van der Waals surface area contributed by atoms with Gasteiger partial charge < -0.3 is 14.8 Å². The van der Waals surface area contributed by atoms with Crippen LogP contribution in [0.5, 0.6) is 5.75 Å².